The Hall–Kier alpha value is -1.28. The predicted octanol–water partition coefficient (Wildman–Crippen LogP) is 4.23. The first-order valence-corrected chi connectivity index (χ1v) is 7.99. The zero-order valence-electron chi connectivity index (χ0n) is 13.2. The molecule has 0 unspecified atom stereocenters. The molecule has 0 radical (unpaired) electrons. The Morgan fingerprint density at radius 1 is 1.15 bits per heavy atom. The van der Waals surface area contributed by atoms with Crippen molar-refractivity contribution in [3.63, 3.8) is 0 Å². The van der Waals surface area contributed by atoms with Crippen LogP contribution in [0.2, 0.25) is 0 Å². The van der Waals surface area contributed by atoms with Gasteiger partial charge in [-0.1, -0.05) is 39.0 Å². The minimum absolute atomic E-state index is 0.687. The number of nitrogens with one attached hydrogen (secondary N) is 1. The van der Waals surface area contributed by atoms with Crippen LogP contribution in [0.25, 0.3) is 10.9 Å². The highest BCUT2D eigenvalue weighted by molar-refractivity contribution is 5.83. The molecule has 0 aliphatic rings. The molecule has 1 N–H and O–H groups in total. The van der Waals surface area contributed by atoms with Crippen molar-refractivity contribution in [1.29, 1.82) is 0 Å². The predicted molar refractivity (Wildman–Crippen MR) is 88.3 cm³/mol. The van der Waals surface area contributed by atoms with E-state index in [1.807, 2.05) is 0 Å². The van der Waals surface area contributed by atoms with Crippen LogP contribution in [0.4, 0.5) is 0 Å². The number of fused-ring (bicyclic) bond motifs is 1. The van der Waals surface area contributed by atoms with Gasteiger partial charge in [0, 0.05) is 23.6 Å². The number of aromatic nitrogens is 1. The second-order valence-electron chi connectivity index (χ2n) is 6.03. The van der Waals surface area contributed by atoms with E-state index in [0.717, 1.165) is 19.6 Å². The molecule has 0 fully saturated rings. The molecule has 0 bridgehead atoms. The van der Waals surface area contributed by atoms with E-state index < -0.39 is 0 Å². The number of unbranched alkanes of at least 4 members (excludes halogenated alkanes) is 1. The largest absolute Gasteiger partial charge is 0.347 e. The molecule has 0 amide bonds. The van der Waals surface area contributed by atoms with Crippen molar-refractivity contribution >= 4 is 10.9 Å². The number of benzene rings is 1. The van der Waals surface area contributed by atoms with Gasteiger partial charge in [-0.05, 0) is 49.9 Å². The zero-order valence-corrected chi connectivity index (χ0v) is 13.2. The van der Waals surface area contributed by atoms with Gasteiger partial charge >= 0.3 is 0 Å². The summed E-state index contributed by atoms with van der Waals surface area (Å²) in [4.78, 5) is 0. The molecule has 110 valence electrons. The van der Waals surface area contributed by atoms with Crippen molar-refractivity contribution in [2.45, 2.75) is 46.6 Å². The van der Waals surface area contributed by atoms with Gasteiger partial charge in [-0.25, -0.2) is 0 Å². The summed E-state index contributed by atoms with van der Waals surface area (Å²) in [6, 6.07) is 8.82. The summed E-state index contributed by atoms with van der Waals surface area (Å²) in [5.41, 5.74) is 2.90. The molecule has 1 heterocycles. The van der Waals surface area contributed by atoms with Gasteiger partial charge < -0.3 is 9.88 Å². The standard InChI is InChI=1S/C18H28N2/c1-4-19-12-8-7-9-16-14-20(13-15(2)3)18-11-6-5-10-17(16)18/h5-6,10-11,14-15,19H,4,7-9,12-13H2,1-3H3. The highest BCUT2D eigenvalue weighted by Gasteiger charge is 2.08. The summed E-state index contributed by atoms with van der Waals surface area (Å²) in [5, 5.41) is 4.84. The van der Waals surface area contributed by atoms with Crippen molar-refractivity contribution in [3.05, 3.63) is 36.0 Å². The number of nitrogens with zero attached hydrogens (tertiary/aromatic N) is 1. The molecule has 0 aliphatic carbocycles. The highest BCUT2D eigenvalue weighted by atomic mass is 15.0. The van der Waals surface area contributed by atoms with Crippen molar-refractivity contribution in [3.8, 4) is 0 Å². The summed E-state index contributed by atoms with van der Waals surface area (Å²) in [7, 11) is 0. The third-order valence-electron chi connectivity index (χ3n) is 3.73. The first kappa shape index (κ1) is 15.1. The summed E-state index contributed by atoms with van der Waals surface area (Å²) >= 11 is 0. The normalized spacial score (nSPS) is 11.6. The van der Waals surface area contributed by atoms with Gasteiger partial charge in [0.2, 0.25) is 0 Å². The van der Waals surface area contributed by atoms with Crippen molar-refractivity contribution in [2.24, 2.45) is 5.92 Å². The zero-order chi connectivity index (χ0) is 14.4. The molecule has 2 aromatic rings. The number of hydrogen-bond donors (Lipinski definition) is 1. The minimum Gasteiger partial charge on any atom is -0.347 e. The van der Waals surface area contributed by atoms with Gasteiger partial charge in [-0.3, -0.25) is 0 Å². The Morgan fingerprint density at radius 2 is 1.95 bits per heavy atom. The monoisotopic (exact) mass is 272 g/mol. The summed E-state index contributed by atoms with van der Waals surface area (Å²) in [5.74, 6) is 0.687. The summed E-state index contributed by atoms with van der Waals surface area (Å²) in [6.07, 6.45) is 6.09. The maximum absolute atomic E-state index is 3.40. The van der Waals surface area contributed by atoms with Gasteiger partial charge in [0.05, 0.1) is 0 Å². The fourth-order valence-corrected chi connectivity index (χ4v) is 2.81. The molecule has 1 aromatic carbocycles. The molecule has 20 heavy (non-hydrogen) atoms. The summed E-state index contributed by atoms with van der Waals surface area (Å²) < 4.78 is 2.43. The first-order valence-electron chi connectivity index (χ1n) is 7.99. The lowest BCUT2D eigenvalue weighted by atomic mass is 10.1. The molecule has 2 rings (SSSR count). The fourth-order valence-electron chi connectivity index (χ4n) is 2.81. The van der Waals surface area contributed by atoms with Crippen molar-refractivity contribution in [2.75, 3.05) is 13.1 Å². The SMILES string of the molecule is CCNCCCCc1cn(CC(C)C)c2ccccc12. The van der Waals surface area contributed by atoms with E-state index in [1.54, 1.807) is 0 Å². The van der Waals surface area contributed by atoms with E-state index in [-0.39, 0.29) is 0 Å². The minimum atomic E-state index is 0.687. The molecule has 0 atom stereocenters. The van der Waals surface area contributed by atoms with E-state index in [0.29, 0.717) is 5.92 Å². The molecule has 0 spiro atoms. The average molecular weight is 272 g/mol. The van der Waals surface area contributed by atoms with Gasteiger partial charge in [0.25, 0.3) is 0 Å². The molecule has 1 aromatic heterocycles. The second kappa shape index (κ2) is 7.49. The molecular weight excluding hydrogens is 244 g/mol. The summed E-state index contributed by atoms with van der Waals surface area (Å²) in [6.45, 7) is 10.1. The second-order valence-corrected chi connectivity index (χ2v) is 6.03. The van der Waals surface area contributed by atoms with E-state index in [9.17, 15) is 0 Å². The van der Waals surface area contributed by atoms with E-state index >= 15 is 0 Å². The first-order chi connectivity index (χ1) is 9.72. The third-order valence-corrected chi connectivity index (χ3v) is 3.73. The topological polar surface area (TPSA) is 17.0 Å². The molecule has 0 aliphatic heterocycles. The van der Waals surface area contributed by atoms with Gasteiger partial charge in [-0.2, -0.15) is 0 Å². The lowest BCUT2D eigenvalue weighted by molar-refractivity contribution is 0.534. The maximum Gasteiger partial charge on any atom is 0.0483 e. The van der Waals surface area contributed by atoms with Crippen LogP contribution in [0.1, 0.15) is 39.2 Å². The number of hydrogen-bond acceptors (Lipinski definition) is 1. The number of rotatable bonds is 8. The highest BCUT2D eigenvalue weighted by Crippen LogP contribution is 2.23. The third kappa shape index (κ3) is 3.86. The Balaban J connectivity index is 2.08. The number of para-hydroxylation sites is 1. The van der Waals surface area contributed by atoms with Gasteiger partial charge in [0.15, 0.2) is 0 Å². The fraction of sp³-hybridized carbons (Fsp3) is 0.556. The lowest BCUT2D eigenvalue weighted by Crippen LogP contribution is -2.13. The van der Waals surface area contributed by atoms with Crippen LogP contribution in [0.3, 0.4) is 0 Å². The van der Waals surface area contributed by atoms with Crippen LogP contribution in [0.15, 0.2) is 30.5 Å². The molecule has 0 saturated heterocycles. The Morgan fingerprint density at radius 3 is 2.70 bits per heavy atom. The Kier molecular flexibility index (Phi) is 5.66. The maximum atomic E-state index is 3.40. The van der Waals surface area contributed by atoms with Crippen LogP contribution < -0.4 is 5.32 Å². The van der Waals surface area contributed by atoms with Gasteiger partial charge in [0.1, 0.15) is 0 Å². The van der Waals surface area contributed by atoms with Crippen LogP contribution in [0.5, 0.6) is 0 Å². The lowest BCUT2D eigenvalue weighted by Gasteiger charge is -2.07. The average Bonchev–Trinajstić information content (AvgIpc) is 2.77. The Bertz CT molecular complexity index is 525. The van der Waals surface area contributed by atoms with Crippen molar-refractivity contribution in [1.82, 2.24) is 9.88 Å². The molecule has 2 nitrogen and oxygen atoms in total. The molecular formula is C18H28N2. The molecule has 0 saturated carbocycles. The van der Waals surface area contributed by atoms with Crippen LogP contribution >= 0.6 is 0 Å². The van der Waals surface area contributed by atoms with Crippen LogP contribution in [0, 0.1) is 5.92 Å². The number of aryl methyl sites for hydroxylation is 1. The van der Waals surface area contributed by atoms with Crippen LogP contribution in [-0.4, -0.2) is 17.7 Å². The van der Waals surface area contributed by atoms with E-state index in [4.69, 9.17) is 0 Å². The van der Waals surface area contributed by atoms with Crippen molar-refractivity contribution < 1.29 is 0 Å². The molecule has 2 heteroatoms. The quantitative estimate of drug-likeness (QED) is 0.712. The van der Waals surface area contributed by atoms with E-state index in [1.165, 1.54) is 35.7 Å². The van der Waals surface area contributed by atoms with E-state index in [2.05, 4.69) is 61.1 Å². The van der Waals surface area contributed by atoms with Crippen LogP contribution in [-0.2, 0) is 13.0 Å². The smallest absolute Gasteiger partial charge is 0.0483 e. The Labute approximate surface area is 123 Å². The van der Waals surface area contributed by atoms with Gasteiger partial charge in [-0.15, -0.1) is 0 Å².